The Balaban J connectivity index is 2.18. The zero-order valence-electron chi connectivity index (χ0n) is 9.58. The van der Waals surface area contributed by atoms with E-state index in [1.54, 1.807) is 30.7 Å². The topological polar surface area (TPSA) is 42.9 Å². The summed E-state index contributed by atoms with van der Waals surface area (Å²) in [5.41, 5.74) is 1.03. The van der Waals surface area contributed by atoms with Crippen LogP contribution in [0, 0.1) is 0 Å². The summed E-state index contributed by atoms with van der Waals surface area (Å²) in [6.45, 7) is 0. The highest BCUT2D eigenvalue weighted by molar-refractivity contribution is 6.14. The Morgan fingerprint density at radius 1 is 0.944 bits per heavy atom. The number of nitrogens with zero attached hydrogens (tertiary/aromatic N) is 2. The summed E-state index contributed by atoms with van der Waals surface area (Å²) in [5, 5.41) is 1.88. The van der Waals surface area contributed by atoms with Crippen molar-refractivity contribution in [1.29, 1.82) is 0 Å². The predicted molar refractivity (Wildman–Crippen MR) is 69.4 cm³/mol. The summed E-state index contributed by atoms with van der Waals surface area (Å²) < 4.78 is 0. The minimum absolute atomic E-state index is 0.0973. The van der Waals surface area contributed by atoms with Gasteiger partial charge in [0.2, 0.25) is 5.78 Å². The second-order valence-corrected chi connectivity index (χ2v) is 3.95. The van der Waals surface area contributed by atoms with Gasteiger partial charge in [0, 0.05) is 29.5 Å². The molecular formula is C15H10N2O. The van der Waals surface area contributed by atoms with Crippen LogP contribution in [0.25, 0.3) is 10.8 Å². The van der Waals surface area contributed by atoms with E-state index in [4.69, 9.17) is 0 Å². The van der Waals surface area contributed by atoms with Gasteiger partial charge in [-0.05, 0) is 23.6 Å². The van der Waals surface area contributed by atoms with Gasteiger partial charge in [-0.3, -0.25) is 14.8 Å². The Hall–Kier alpha value is -2.55. The number of fused-ring (bicyclic) bond motifs is 1. The standard InChI is InChI=1S/C15H10N2O/c18-15(12-5-3-8-16-10-12)14-13-6-2-1-4-11(13)7-9-17-14/h1-10H. The monoisotopic (exact) mass is 234 g/mol. The van der Waals surface area contributed by atoms with Crippen LogP contribution in [0.2, 0.25) is 0 Å². The molecule has 1 aromatic carbocycles. The summed E-state index contributed by atoms with van der Waals surface area (Å²) in [7, 11) is 0. The average molecular weight is 234 g/mol. The second-order valence-electron chi connectivity index (χ2n) is 3.95. The number of carbonyl (C=O) groups is 1. The predicted octanol–water partition coefficient (Wildman–Crippen LogP) is 2.86. The molecule has 0 unspecified atom stereocenters. The summed E-state index contributed by atoms with van der Waals surface area (Å²) in [4.78, 5) is 20.5. The largest absolute Gasteiger partial charge is 0.287 e. The lowest BCUT2D eigenvalue weighted by Crippen LogP contribution is -2.05. The lowest BCUT2D eigenvalue weighted by atomic mass is 10.0. The minimum Gasteiger partial charge on any atom is -0.287 e. The van der Waals surface area contributed by atoms with E-state index in [1.807, 2.05) is 30.3 Å². The molecule has 0 aliphatic carbocycles. The van der Waals surface area contributed by atoms with E-state index in [0.29, 0.717) is 11.3 Å². The van der Waals surface area contributed by atoms with Crippen LogP contribution in [0.3, 0.4) is 0 Å². The first-order valence-corrected chi connectivity index (χ1v) is 5.65. The van der Waals surface area contributed by atoms with Gasteiger partial charge in [-0.2, -0.15) is 0 Å². The van der Waals surface area contributed by atoms with Crippen molar-refractivity contribution in [2.24, 2.45) is 0 Å². The van der Waals surface area contributed by atoms with E-state index in [1.165, 1.54) is 0 Å². The van der Waals surface area contributed by atoms with Gasteiger partial charge in [0.15, 0.2) is 0 Å². The molecule has 86 valence electrons. The molecule has 0 aliphatic heterocycles. The number of hydrogen-bond acceptors (Lipinski definition) is 3. The van der Waals surface area contributed by atoms with Crippen LogP contribution < -0.4 is 0 Å². The minimum atomic E-state index is -0.0973. The van der Waals surface area contributed by atoms with Crippen molar-refractivity contribution >= 4 is 16.6 Å². The molecule has 3 nitrogen and oxygen atoms in total. The third-order valence-electron chi connectivity index (χ3n) is 2.81. The van der Waals surface area contributed by atoms with Crippen LogP contribution in [0.5, 0.6) is 0 Å². The van der Waals surface area contributed by atoms with E-state index in [2.05, 4.69) is 9.97 Å². The molecule has 0 spiro atoms. The molecule has 0 saturated carbocycles. The highest BCUT2D eigenvalue weighted by Crippen LogP contribution is 2.18. The zero-order chi connectivity index (χ0) is 12.4. The van der Waals surface area contributed by atoms with Crippen LogP contribution >= 0.6 is 0 Å². The van der Waals surface area contributed by atoms with Gasteiger partial charge in [-0.25, -0.2) is 0 Å². The van der Waals surface area contributed by atoms with Crippen molar-refractivity contribution in [3.63, 3.8) is 0 Å². The van der Waals surface area contributed by atoms with Crippen molar-refractivity contribution < 1.29 is 4.79 Å². The molecule has 2 aromatic heterocycles. The molecule has 3 aromatic rings. The Bertz CT molecular complexity index is 703. The normalized spacial score (nSPS) is 10.4. The van der Waals surface area contributed by atoms with Crippen molar-refractivity contribution in [2.75, 3.05) is 0 Å². The highest BCUT2D eigenvalue weighted by Gasteiger charge is 2.13. The van der Waals surface area contributed by atoms with Gasteiger partial charge in [-0.15, -0.1) is 0 Å². The molecule has 2 heterocycles. The van der Waals surface area contributed by atoms with Crippen LogP contribution in [-0.4, -0.2) is 15.8 Å². The number of pyridine rings is 2. The van der Waals surface area contributed by atoms with E-state index in [-0.39, 0.29) is 5.78 Å². The lowest BCUT2D eigenvalue weighted by Gasteiger charge is -2.04. The Morgan fingerprint density at radius 2 is 1.83 bits per heavy atom. The van der Waals surface area contributed by atoms with Crippen LogP contribution in [0.4, 0.5) is 0 Å². The lowest BCUT2D eigenvalue weighted by molar-refractivity contribution is 0.103. The molecule has 3 heteroatoms. The number of ketones is 1. The van der Waals surface area contributed by atoms with E-state index in [0.717, 1.165) is 10.8 Å². The quantitative estimate of drug-likeness (QED) is 0.640. The number of hydrogen-bond donors (Lipinski definition) is 0. The first kappa shape index (κ1) is 10.6. The molecule has 0 radical (unpaired) electrons. The smallest absolute Gasteiger partial charge is 0.213 e. The van der Waals surface area contributed by atoms with Gasteiger partial charge in [-0.1, -0.05) is 24.3 Å². The summed E-state index contributed by atoms with van der Waals surface area (Å²) in [6, 6.07) is 13.1. The molecule has 0 aliphatic rings. The maximum atomic E-state index is 12.4. The molecule has 0 fully saturated rings. The van der Waals surface area contributed by atoms with E-state index in [9.17, 15) is 4.79 Å². The van der Waals surface area contributed by atoms with Gasteiger partial charge in [0.25, 0.3) is 0 Å². The van der Waals surface area contributed by atoms with Crippen molar-refractivity contribution in [3.05, 3.63) is 72.3 Å². The van der Waals surface area contributed by atoms with E-state index >= 15 is 0 Å². The van der Waals surface area contributed by atoms with Crippen LogP contribution in [-0.2, 0) is 0 Å². The Labute approximate surface area is 104 Å². The zero-order valence-corrected chi connectivity index (χ0v) is 9.58. The van der Waals surface area contributed by atoms with E-state index < -0.39 is 0 Å². The maximum Gasteiger partial charge on any atom is 0.213 e. The molecule has 18 heavy (non-hydrogen) atoms. The first-order chi connectivity index (χ1) is 8.86. The summed E-state index contributed by atoms with van der Waals surface area (Å²) in [6.07, 6.45) is 4.87. The SMILES string of the molecule is O=C(c1cccnc1)c1nccc2ccccc12. The molecule has 3 rings (SSSR count). The molecule has 0 bridgehead atoms. The number of rotatable bonds is 2. The van der Waals surface area contributed by atoms with Crippen LogP contribution in [0.1, 0.15) is 16.1 Å². The third-order valence-corrected chi connectivity index (χ3v) is 2.81. The molecule has 0 atom stereocenters. The number of benzene rings is 1. The fraction of sp³-hybridized carbons (Fsp3) is 0. The first-order valence-electron chi connectivity index (χ1n) is 5.65. The Morgan fingerprint density at radius 3 is 2.67 bits per heavy atom. The average Bonchev–Trinajstić information content (AvgIpc) is 2.47. The molecular weight excluding hydrogens is 224 g/mol. The summed E-state index contributed by atoms with van der Waals surface area (Å²) >= 11 is 0. The van der Waals surface area contributed by atoms with Gasteiger partial charge in [0.05, 0.1) is 0 Å². The van der Waals surface area contributed by atoms with Gasteiger partial charge < -0.3 is 0 Å². The molecule has 0 N–H and O–H groups in total. The fourth-order valence-electron chi connectivity index (χ4n) is 1.93. The Kier molecular flexibility index (Phi) is 2.57. The van der Waals surface area contributed by atoms with Gasteiger partial charge in [0.1, 0.15) is 5.69 Å². The van der Waals surface area contributed by atoms with Crippen molar-refractivity contribution in [3.8, 4) is 0 Å². The van der Waals surface area contributed by atoms with Gasteiger partial charge >= 0.3 is 0 Å². The fourth-order valence-corrected chi connectivity index (χ4v) is 1.93. The van der Waals surface area contributed by atoms with Crippen LogP contribution in [0.15, 0.2) is 61.1 Å². The third kappa shape index (κ3) is 1.76. The maximum absolute atomic E-state index is 12.4. The number of aromatic nitrogens is 2. The molecule has 0 saturated heterocycles. The number of carbonyl (C=O) groups excluding carboxylic acids is 1. The molecule has 0 amide bonds. The second kappa shape index (κ2) is 4.37. The summed E-state index contributed by atoms with van der Waals surface area (Å²) in [5.74, 6) is -0.0973. The van der Waals surface area contributed by atoms with Crippen molar-refractivity contribution in [1.82, 2.24) is 9.97 Å². The van der Waals surface area contributed by atoms with Crippen molar-refractivity contribution in [2.45, 2.75) is 0 Å². The highest BCUT2D eigenvalue weighted by atomic mass is 16.1.